The van der Waals surface area contributed by atoms with Gasteiger partial charge in [0.1, 0.15) is 0 Å². The standard InChI is InChI=1S/C69H56BN5O.Pt/c1-44-22-11-12-29-51(44)58-42-57-54-32-21-31-53-52-30-13-14-33-59(52)74-62-36-17-18-37-63(62)75(70(74)64(53)54)66(57)71-67(58)76-50-28-20-27-49(41-50)72-43-73(61-35-16-15-34-60(61)72)65-55(45-23-9-8-10-24-45)39-48(69(5,6)7)40-56(65)46-25-19-26-47(38-46)68(2,3)4;/h8-42H,1-7H3;/i1D3;. The summed E-state index contributed by atoms with van der Waals surface area (Å²) in [5, 5.41) is 0. The average molecular weight is 1180 g/mol. The van der Waals surface area contributed by atoms with Crippen molar-refractivity contribution in [3.8, 4) is 78.6 Å². The molecular weight excluding hydrogens is 1120 g/mol. The predicted octanol–water partition coefficient (Wildman–Crippen LogP) is 17.2. The Labute approximate surface area is 466 Å². The molecule has 0 unspecified atom stereocenters. The second-order valence-corrected chi connectivity index (χ2v) is 23.5. The fourth-order valence-electron chi connectivity index (χ4n) is 12.0. The number of nitrogens with zero attached hydrogens (tertiary/aromatic N) is 5. The summed E-state index contributed by atoms with van der Waals surface area (Å²) in [7, 11) is 0. The fourth-order valence-corrected chi connectivity index (χ4v) is 13.1. The van der Waals surface area contributed by atoms with Crippen molar-refractivity contribution >= 4 is 46.4 Å². The molecule has 0 fully saturated rings. The third-order valence-corrected chi connectivity index (χ3v) is 16.7. The van der Waals surface area contributed by atoms with Gasteiger partial charge < -0.3 is 0 Å². The predicted molar refractivity (Wildman–Crippen MR) is 316 cm³/mol. The minimum absolute atomic E-state index is 0.0578. The topological polar surface area (TPSA) is 38.5 Å². The Morgan fingerprint density at radius 1 is 0.468 bits per heavy atom. The molecule has 0 bridgehead atoms. The van der Waals surface area contributed by atoms with Gasteiger partial charge in [-0.05, 0) is 17.7 Å². The van der Waals surface area contributed by atoms with Crippen LogP contribution in [0, 0.1) is 10.7 Å². The van der Waals surface area contributed by atoms with Gasteiger partial charge in [-0.15, -0.1) is 0 Å². The summed E-state index contributed by atoms with van der Waals surface area (Å²) in [6.07, 6.45) is 0. The third kappa shape index (κ3) is 7.49. The molecule has 0 aliphatic carbocycles. The maximum atomic E-state index is 8.79. The van der Waals surface area contributed by atoms with Crippen molar-refractivity contribution in [1.82, 2.24) is 14.1 Å². The van der Waals surface area contributed by atoms with E-state index in [0.717, 1.165) is 82.5 Å². The van der Waals surface area contributed by atoms with E-state index < -0.39 is 6.85 Å². The van der Waals surface area contributed by atoms with Crippen LogP contribution in [0.25, 0.3) is 78.0 Å². The summed E-state index contributed by atoms with van der Waals surface area (Å²) in [6.45, 7) is 11.1. The minimum atomic E-state index is -2.41. The number of benzene rings is 9. The number of aryl methyl sites for hydroxylation is 1. The summed E-state index contributed by atoms with van der Waals surface area (Å²) in [4.78, 5) is 10.4. The number of ether oxygens (including phenoxy) is 1. The van der Waals surface area contributed by atoms with Gasteiger partial charge in [-0.1, -0.05) is 42.5 Å². The maximum absolute atomic E-state index is 8.79. The van der Waals surface area contributed by atoms with Crippen molar-refractivity contribution in [2.24, 2.45) is 0 Å². The quantitative estimate of drug-likeness (QED) is 0.149. The van der Waals surface area contributed by atoms with Crippen molar-refractivity contribution in [1.29, 1.82) is 0 Å². The van der Waals surface area contributed by atoms with Gasteiger partial charge in [-0.2, -0.15) is 0 Å². The number of fused-ring (bicyclic) bond motifs is 10. The van der Waals surface area contributed by atoms with E-state index in [0.29, 0.717) is 22.8 Å². The first kappa shape index (κ1) is 43.9. The number of rotatable bonds is 7. The van der Waals surface area contributed by atoms with Crippen LogP contribution in [-0.4, -0.2) is 21.1 Å². The number of aromatic nitrogens is 3. The zero-order chi connectivity index (χ0) is 55.0. The van der Waals surface area contributed by atoms with Crippen LogP contribution < -0.4 is 19.8 Å². The van der Waals surface area contributed by atoms with Gasteiger partial charge in [0.05, 0.1) is 0 Å². The molecule has 5 heterocycles. The van der Waals surface area contributed by atoms with Crippen LogP contribution in [0.4, 0.5) is 22.9 Å². The van der Waals surface area contributed by atoms with Gasteiger partial charge >= 0.3 is 398 Å². The summed E-state index contributed by atoms with van der Waals surface area (Å²) < 4.78 is 39.3. The summed E-state index contributed by atoms with van der Waals surface area (Å²) >= 11 is 2.51. The Hall–Kier alpha value is -8.25. The molecule has 11 aromatic rings. The molecule has 0 saturated carbocycles. The van der Waals surface area contributed by atoms with E-state index in [2.05, 4.69) is 256 Å². The number of imidazole rings is 1. The van der Waals surface area contributed by atoms with Crippen molar-refractivity contribution in [3.63, 3.8) is 0 Å². The number of hydrogen-bond donors (Lipinski definition) is 0. The van der Waals surface area contributed by atoms with Gasteiger partial charge in [0, 0.05) is 11.3 Å². The number of anilines is 4. The first-order chi connectivity index (χ1) is 38.5. The van der Waals surface area contributed by atoms with E-state index in [9.17, 15) is 0 Å². The number of hydrogen-bond acceptors (Lipinski definition) is 4. The van der Waals surface area contributed by atoms with Crippen LogP contribution in [0.5, 0.6) is 11.6 Å². The van der Waals surface area contributed by atoms with Crippen molar-refractivity contribution < 1.29 is 28.2 Å². The van der Waals surface area contributed by atoms with Gasteiger partial charge in [0.25, 0.3) is 0 Å². The SMILES string of the molecule is [2H]C([2H])([2H])c1ccccc1-c1cc2c(nc1Oc1cccc(-n3[c](=[Pt])n(-c4c(-c5ccccc5)cc(C(C)(C)C)cc4-c4cccc(C(C)(C)C)c4)c4ccccc43)c1)N1B3c4c(cccc4-2)-c2ccccc2N3c2ccccc21. The molecule has 0 amide bonds. The zero-order valence-electron chi connectivity index (χ0n) is 46.7. The molecule has 14 rings (SSSR count). The zero-order valence-corrected chi connectivity index (χ0v) is 46.0. The van der Waals surface area contributed by atoms with Crippen LogP contribution in [-0.2, 0) is 30.2 Å². The van der Waals surface area contributed by atoms with Gasteiger partial charge in [0.2, 0.25) is 0 Å². The van der Waals surface area contributed by atoms with E-state index in [1.54, 1.807) is 12.1 Å². The summed E-state index contributed by atoms with van der Waals surface area (Å²) in [5.41, 5.74) is 21.0. The van der Waals surface area contributed by atoms with Crippen LogP contribution in [0.1, 0.15) is 62.3 Å². The number of pyridine rings is 1. The first-order valence-corrected chi connectivity index (χ1v) is 27.5. The van der Waals surface area contributed by atoms with E-state index in [1.807, 2.05) is 24.3 Å². The van der Waals surface area contributed by atoms with Crippen LogP contribution in [0.15, 0.2) is 212 Å². The molecular formula is C69H56BN5OPt. The molecule has 0 saturated heterocycles. The van der Waals surface area contributed by atoms with Crippen LogP contribution in [0.2, 0.25) is 0 Å². The van der Waals surface area contributed by atoms with Crippen LogP contribution in [0.3, 0.4) is 0 Å². The van der Waals surface area contributed by atoms with Gasteiger partial charge in [0.15, 0.2) is 0 Å². The molecule has 0 atom stereocenters. The molecule has 0 spiro atoms. The Bertz CT molecular complexity index is 4420. The van der Waals surface area contributed by atoms with E-state index >= 15 is 0 Å². The summed E-state index contributed by atoms with van der Waals surface area (Å²) in [5.74, 6) is 1.59. The monoisotopic (exact) mass is 1180 g/mol. The van der Waals surface area contributed by atoms with E-state index in [4.69, 9.17) is 13.8 Å². The Balaban J connectivity index is 0.978. The Morgan fingerprint density at radius 2 is 1.05 bits per heavy atom. The molecule has 2 aromatic heterocycles. The van der Waals surface area contributed by atoms with Crippen molar-refractivity contribution in [2.75, 3.05) is 9.62 Å². The van der Waals surface area contributed by atoms with Crippen LogP contribution >= 0.6 is 0 Å². The summed E-state index contributed by atoms with van der Waals surface area (Å²) in [6, 6.07) is 74.5. The normalized spacial score (nSPS) is 13.9. The molecule has 0 N–H and O–H groups in total. The second kappa shape index (κ2) is 17.7. The van der Waals surface area contributed by atoms with Gasteiger partial charge in [-0.3, -0.25) is 0 Å². The Kier molecular flexibility index (Phi) is 10.1. The Morgan fingerprint density at radius 3 is 1.79 bits per heavy atom. The average Bonchev–Trinajstić information content (AvgIpc) is 4.16. The van der Waals surface area contributed by atoms with Crippen molar-refractivity contribution in [3.05, 3.63) is 233 Å². The first-order valence-electron chi connectivity index (χ1n) is 27.9. The fraction of sp³-hybridized carbons (Fsp3) is 0.130. The van der Waals surface area contributed by atoms with Gasteiger partial charge in [-0.25, -0.2) is 0 Å². The molecule has 77 heavy (non-hydrogen) atoms. The molecule has 0 radical (unpaired) electrons. The molecule has 3 aliphatic heterocycles. The molecule has 8 heteroatoms. The van der Waals surface area contributed by atoms with E-state index in [1.165, 1.54) is 27.7 Å². The molecule has 3 aliphatic rings. The second-order valence-electron chi connectivity index (χ2n) is 22.5. The molecule has 9 aromatic carbocycles. The van der Waals surface area contributed by atoms with E-state index in [-0.39, 0.29) is 23.4 Å². The molecule has 376 valence electrons. The van der Waals surface area contributed by atoms with Crippen molar-refractivity contribution in [2.45, 2.75) is 59.2 Å². The number of para-hydroxylation sites is 5. The third-order valence-electron chi connectivity index (χ3n) is 15.7. The molecule has 6 nitrogen and oxygen atoms in total.